The van der Waals surface area contributed by atoms with Gasteiger partial charge in [-0.2, -0.15) is 0 Å². The van der Waals surface area contributed by atoms with Gasteiger partial charge in [0.1, 0.15) is 5.52 Å². The molecule has 0 spiro atoms. The van der Waals surface area contributed by atoms with Crippen LogP contribution in [0.2, 0.25) is 0 Å². The number of nitrogens with one attached hydrogen (secondary N) is 2. The molecule has 1 aromatic heterocycles. The Labute approximate surface area is 260 Å². The van der Waals surface area contributed by atoms with Crippen LogP contribution in [0.3, 0.4) is 0 Å². The Kier molecular flexibility index (Phi) is 9.82. The quantitative estimate of drug-likeness (QED) is 0.159. The van der Waals surface area contributed by atoms with E-state index in [0.717, 1.165) is 47.3 Å². The first-order chi connectivity index (χ1) is 21.6. The van der Waals surface area contributed by atoms with Gasteiger partial charge in [-0.1, -0.05) is 59.9 Å². The Morgan fingerprint density at radius 2 is 1.76 bits per heavy atom. The molecule has 0 fully saturated rings. The molecule has 4 aromatic rings. The van der Waals surface area contributed by atoms with Crippen LogP contribution < -0.4 is 15.4 Å². The van der Waals surface area contributed by atoms with Gasteiger partial charge in [-0.3, -0.25) is 14.4 Å². The number of fused-ring (bicyclic) bond motifs is 1. The highest BCUT2D eigenvalue weighted by Gasteiger charge is 2.32. The summed E-state index contributed by atoms with van der Waals surface area (Å²) in [6.45, 7) is 0.000647. The van der Waals surface area contributed by atoms with Gasteiger partial charge in [-0.05, 0) is 78.6 Å². The van der Waals surface area contributed by atoms with Gasteiger partial charge in [-0.15, -0.1) is 13.2 Å². The van der Waals surface area contributed by atoms with E-state index in [1.807, 2.05) is 24.3 Å². The first-order valence-corrected chi connectivity index (χ1v) is 15.2. The highest BCUT2D eigenvalue weighted by Crippen LogP contribution is 2.36. The number of ether oxygens (including phenoxy) is 1. The summed E-state index contributed by atoms with van der Waals surface area (Å²) in [7, 11) is 0. The van der Waals surface area contributed by atoms with Gasteiger partial charge >= 0.3 is 12.3 Å². The fourth-order valence-electron chi connectivity index (χ4n) is 5.18. The number of alkyl halides is 3. The van der Waals surface area contributed by atoms with Gasteiger partial charge in [0.2, 0.25) is 5.91 Å². The normalized spacial score (nSPS) is 14.0. The highest BCUT2D eigenvalue weighted by atomic mass is 32.1. The second-order valence-corrected chi connectivity index (χ2v) is 11.6. The number of carbonyl (C=O) groups is 3. The number of benzene rings is 3. The number of carboxylic acids is 1. The average molecular weight is 638 g/mol. The van der Waals surface area contributed by atoms with Crippen LogP contribution in [-0.2, 0) is 16.0 Å². The summed E-state index contributed by atoms with van der Waals surface area (Å²) in [4.78, 5) is 41.1. The highest BCUT2D eigenvalue weighted by molar-refractivity contribution is 7.22. The molecular formula is C33H30F3N3O5S. The minimum atomic E-state index is -4.89. The van der Waals surface area contributed by atoms with E-state index in [0.29, 0.717) is 10.3 Å². The Balaban J connectivity index is 1.38. The summed E-state index contributed by atoms with van der Waals surface area (Å²) in [6, 6.07) is 18.7. The van der Waals surface area contributed by atoms with Crippen molar-refractivity contribution in [1.29, 1.82) is 0 Å². The monoisotopic (exact) mass is 637 g/mol. The maximum atomic E-state index is 13.8. The van der Waals surface area contributed by atoms with Crippen LogP contribution in [0.4, 0.5) is 18.3 Å². The molecule has 2 amide bonds. The second kappa shape index (κ2) is 13.9. The number of aliphatic carboxylic acids is 1. The number of nitrogens with zero attached hydrogens (tertiary/aromatic N) is 1. The number of amides is 2. The zero-order valence-electron chi connectivity index (χ0n) is 24.0. The molecule has 5 rings (SSSR count). The van der Waals surface area contributed by atoms with Crippen molar-refractivity contribution >= 4 is 50.0 Å². The van der Waals surface area contributed by atoms with Gasteiger partial charge in [-0.25, -0.2) is 4.98 Å². The molecule has 3 aromatic carbocycles. The summed E-state index contributed by atoms with van der Waals surface area (Å²) in [5.74, 6) is -2.96. The van der Waals surface area contributed by atoms with Crippen LogP contribution in [0.15, 0.2) is 72.8 Å². The molecule has 12 heteroatoms. The maximum Gasteiger partial charge on any atom is 0.573 e. The number of carbonyl (C=O) groups excluding carboxylic acids is 2. The van der Waals surface area contributed by atoms with Crippen molar-refractivity contribution in [3.05, 3.63) is 95.1 Å². The number of hydrogen-bond donors (Lipinski definition) is 3. The molecular weight excluding hydrogens is 607 g/mol. The zero-order valence-corrected chi connectivity index (χ0v) is 24.8. The number of hydrogen-bond acceptors (Lipinski definition) is 6. The molecule has 8 nitrogen and oxygen atoms in total. The molecule has 0 aliphatic heterocycles. The average Bonchev–Trinajstić information content (AvgIpc) is 3.43. The molecule has 1 aliphatic carbocycles. The van der Waals surface area contributed by atoms with Crippen LogP contribution in [0, 0.1) is 0 Å². The molecule has 1 unspecified atom stereocenters. The lowest BCUT2D eigenvalue weighted by Crippen LogP contribution is -2.26. The molecule has 3 N–H and O–H groups in total. The number of para-hydroxylation sites is 1. The topological polar surface area (TPSA) is 118 Å². The van der Waals surface area contributed by atoms with Gasteiger partial charge < -0.3 is 20.5 Å². The van der Waals surface area contributed by atoms with Gasteiger partial charge in [0, 0.05) is 12.1 Å². The number of anilines is 1. The van der Waals surface area contributed by atoms with Crippen molar-refractivity contribution < 1.29 is 37.4 Å². The Morgan fingerprint density at radius 3 is 2.42 bits per heavy atom. The van der Waals surface area contributed by atoms with Crippen molar-refractivity contribution in [1.82, 2.24) is 10.3 Å². The first kappa shape index (κ1) is 31.7. The molecule has 1 atom stereocenters. The van der Waals surface area contributed by atoms with Crippen molar-refractivity contribution in [3.63, 3.8) is 0 Å². The van der Waals surface area contributed by atoms with Crippen LogP contribution in [-0.4, -0.2) is 40.8 Å². The Morgan fingerprint density at radius 1 is 1.00 bits per heavy atom. The lowest BCUT2D eigenvalue weighted by molar-refractivity contribution is -0.274. The third-order valence-electron chi connectivity index (χ3n) is 7.41. The molecule has 1 heterocycles. The van der Waals surface area contributed by atoms with E-state index in [-0.39, 0.29) is 30.0 Å². The number of rotatable bonds is 11. The molecule has 0 saturated heterocycles. The lowest BCUT2D eigenvalue weighted by Gasteiger charge is -2.18. The zero-order chi connectivity index (χ0) is 32.0. The van der Waals surface area contributed by atoms with Gasteiger partial charge in [0.05, 0.1) is 17.0 Å². The molecule has 45 heavy (non-hydrogen) atoms. The molecule has 0 radical (unpaired) electrons. The van der Waals surface area contributed by atoms with Crippen LogP contribution in [0.25, 0.3) is 15.8 Å². The predicted molar refractivity (Wildman–Crippen MR) is 165 cm³/mol. The fourth-order valence-corrected chi connectivity index (χ4v) is 6.07. The van der Waals surface area contributed by atoms with E-state index < -0.39 is 35.8 Å². The minimum absolute atomic E-state index is 0.000647. The smallest absolute Gasteiger partial charge is 0.481 e. The Bertz CT molecular complexity index is 1720. The summed E-state index contributed by atoms with van der Waals surface area (Å²) in [5.41, 5.74) is 4.22. The van der Waals surface area contributed by atoms with E-state index >= 15 is 0 Å². The third kappa shape index (κ3) is 8.48. The number of thiazole rings is 1. The van der Waals surface area contributed by atoms with Crippen LogP contribution in [0.1, 0.15) is 65.1 Å². The van der Waals surface area contributed by atoms with E-state index in [1.165, 1.54) is 24.1 Å². The number of carboxylic acid groups (broad SMARTS) is 1. The predicted octanol–water partition coefficient (Wildman–Crippen LogP) is 7.32. The second-order valence-electron chi connectivity index (χ2n) is 10.6. The van der Waals surface area contributed by atoms with Crippen molar-refractivity contribution in [2.45, 2.75) is 50.8 Å². The molecule has 0 saturated carbocycles. The van der Waals surface area contributed by atoms with Crippen LogP contribution in [0.5, 0.6) is 5.75 Å². The van der Waals surface area contributed by atoms with Crippen molar-refractivity contribution in [3.8, 4) is 5.75 Å². The number of allylic oxidation sites excluding steroid dienone is 2. The largest absolute Gasteiger partial charge is 0.573 e. The van der Waals surface area contributed by atoms with Gasteiger partial charge in [0.15, 0.2) is 10.9 Å². The fraction of sp³-hybridized carbons (Fsp3) is 0.273. The van der Waals surface area contributed by atoms with Gasteiger partial charge in [0.25, 0.3) is 5.91 Å². The molecule has 0 bridgehead atoms. The summed E-state index contributed by atoms with van der Waals surface area (Å²) in [5, 5.41) is 14.3. The van der Waals surface area contributed by atoms with Crippen molar-refractivity contribution in [2.24, 2.45) is 0 Å². The number of aromatic nitrogens is 1. The summed E-state index contributed by atoms with van der Waals surface area (Å²) < 4.78 is 43.3. The summed E-state index contributed by atoms with van der Waals surface area (Å²) >= 11 is 1.04. The van der Waals surface area contributed by atoms with E-state index in [1.54, 1.807) is 30.3 Å². The van der Waals surface area contributed by atoms with Crippen LogP contribution >= 0.6 is 11.3 Å². The number of halogens is 3. The van der Waals surface area contributed by atoms with E-state index in [9.17, 15) is 27.6 Å². The summed E-state index contributed by atoms with van der Waals surface area (Å²) in [6.07, 6.45) is 1.76. The standard InChI is InChI=1S/C33H30F3N3O5S/c34-33(35,36)44-26-7-4-8-27-29(26)38-32(45-27)39-31(43)25(23-15-13-22(14-16-23)21-5-2-1-3-6-21)19-20-9-11-24(12-10-20)30(42)37-18-17-28(40)41/h4-5,7-16,25H,1-3,6,17-19H2,(H,37,42)(H,40,41)(H,38,39,43). The minimum Gasteiger partial charge on any atom is -0.481 e. The molecule has 234 valence electrons. The lowest BCUT2D eigenvalue weighted by atomic mass is 9.88. The SMILES string of the molecule is O=C(O)CCNC(=O)c1ccc(CC(C(=O)Nc2nc3c(OC(F)(F)F)cccc3s2)c2ccc(C3=CCCCC3)cc2)cc1. The maximum absolute atomic E-state index is 13.8. The first-order valence-electron chi connectivity index (χ1n) is 14.4. The third-order valence-corrected chi connectivity index (χ3v) is 8.35. The Hall–Kier alpha value is -4.71. The molecule has 1 aliphatic rings. The van der Waals surface area contributed by atoms with Crippen molar-refractivity contribution in [2.75, 3.05) is 11.9 Å². The van der Waals surface area contributed by atoms with E-state index in [2.05, 4.69) is 26.4 Å². The van der Waals surface area contributed by atoms with E-state index in [4.69, 9.17) is 5.11 Å².